The second-order valence-electron chi connectivity index (χ2n) is 5.67. The quantitative estimate of drug-likeness (QED) is 0.944. The molecular weight excluding hydrogens is 291 g/mol. The Kier molecular flexibility index (Phi) is 3.54. The highest BCUT2D eigenvalue weighted by atomic mass is 35.5. The maximum atomic E-state index is 13.3. The molecule has 0 saturated carbocycles. The Labute approximate surface area is 128 Å². The van der Waals surface area contributed by atoms with Crippen molar-refractivity contribution in [1.29, 1.82) is 0 Å². The molecular formula is C16H18ClFN2O. The summed E-state index contributed by atoms with van der Waals surface area (Å²) in [7, 11) is 0. The predicted octanol–water partition coefficient (Wildman–Crippen LogP) is 3.38. The Morgan fingerprint density at radius 2 is 2.24 bits per heavy atom. The molecule has 2 aromatic rings. The third-order valence-corrected chi connectivity index (χ3v) is 4.78. The highest BCUT2D eigenvalue weighted by Gasteiger charge is 2.38. The van der Waals surface area contributed by atoms with Crippen molar-refractivity contribution in [3.05, 3.63) is 51.6 Å². The Balaban J connectivity index is 2.00. The predicted molar refractivity (Wildman–Crippen MR) is 80.0 cm³/mol. The lowest BCUT2D eigenvalue weighted by Gasteiger charge is -2.24. The highest BCUT2D eigenvalue weighted by molar-refractivity contribution is 6.31. The van der Waals surface area contributed by atoms with Gasteiger partial charge >= 0.3 is 0 Å². The van der Waals surface area contributed by atoms with Crippen LogP contribution in [0.25, 0.3) is 0 Å². The summed E-state index contributed by atoms with van der Waals surface area (Å²) >= 11 is 6.33. The first-order valence-corrected chi connectivity index (χ1v) is 7.55. The summed E-state index contributed by atoms with van der Waals surface area (Å²) in [6.07, 6.45) is 1.66. The number of fused-ring (bicyclic) bond motifs is 1. The van der Waals surface area contributed by atoms with Crippen LogP contribution in [0.4, 0.5) is 4.39 Å². The summed E-state index contributed by atoms with van der Waals surface area (Å²) in [5.74, 6) is -0.259. The van der Waals surface area contributed by atoms with Gasteiger partial charge in [-0.25, -0.2) is 4.39 Å². The summed E-state index contributed by atoms with van der Waals surface area (Å²) in [5, 5.41) is 16.0. The SMILES string of the molecule is CCn1nc(C)c(Cl)c1CC1(O)CCc2cc(F)ccc21. The van der Waals surface area contributed by atoms with E-state index in [2.05, 4.69) is 5.10 Å². The molecule has 0 bridgehead atoms. The first-order chi connectivity index (χ1) is 9.94. The van der Waals surface area contributed by atoms with Crippen molar-refractivity contribution in [2.45, 2.75) is 45.3 Å². The van der Waals surface area contributed by atoms with E-state index in [1.165, 1.54) is 12.1 Å². The van der Waals surface area contributed by atoms with Gasteiger partial charge in [-0.05, 0) is 49.9 Å². The van der Waals surface area contributed by atoms with Crippen molar-refractivity contribution in [2.24, 2.45) is 0 Å². The maximum Gasteiger partial charge on any atom is 0.123 e. The molecule has 1 unspecified atom stereocenters. The number of nitrogens with zero attached hydrogens (tertiary/aromatic N) is 2. The summed E-state index contributed by atoms with van der Waals surface area (Å²) in [6.45, 7) is 4.56. The third-order valence-electron chi connectivity index (χ3n) is 4.29. The van der Waals surface area contributed by atoms with Gasteiger partial charge in [0, 0.05) is 13.0 Å². The molecule has 112 valence electrons. The Hall–Kier alpha value is -1.39. The lowest BCUT2D eigenvalue weighted by atomic mass is 9.90. The van der Waals surface area contributed by atoms with Crippen molar-refractivity contribution in [3.8, 4) is 0 Å². The van der Waals surface area contributed by atoms with Gasteiger partial charge in [0.25, 0.3) is 0 Å². The fourth-order valence-corrected chi connectivity index (χ4v) is 3.40. The average molecular weight is 309 g/mol. The number of hydrogen-bond donors (Lipinski definition) is 1. The van der Waals surface area contributed by atoms with Crippen molar-refractivity contribution in [3.63, 3.8) is 0 Å². The van der Waals surface area contributed by atoms with Crippen LogP contribution in [-0.4, -0.2) is 14.9 Å². The summed E-state index contributed by atoms with van der Waals surface area (Å²) < 4.78 is 15.1. The van der Waals surface area contributed by atoms with Gasteiger partial charge in [0.05, 0.1) is 22.0 Å². The van der Waals surface area contributed by atoms with E-state index in [0.29, 0.717) is 30.8 Å². The largest absolute Gasteiger partial charge is 0.385 e. The summed E-state index contributed by atoms with van der Waals surface area (Å²) in [4.78, 5) is 0. The average Bonchev–Trinajstić information content (AvgIpc) is 2.91. The molecule has 0 spiro atoms. The molecule has 1 atom stereocenters. The molecule has 3 rings (SSSR count). The lowest BCUT2D eigenvalue weighted by Crippen LogP contribution is -2.27. The minimum absolute atomic E-state index is 0.259. The van der Waals surface area contributed by atoms with Gasteiger partial charge in [-0.2, -0.15) is 5.10 Å². The van der Waals surface area contributed by atoms with Crippen LogP contribution < -0.4 is 0 Å². The normalized spacial score (nSPS) is 20.8. The van der Waals surface area contributed by atoms with Crippen LogP contribution in [0.3, 0.4) is 0 Å². The molecule has 0 radical (unpaired) electrons. The summed E-state index contributed by atoms with van der Waals surface area (Å²) in [5.41, 5.74) is 2.31. The maximum absolute atomic E-state index is 13.3. The molecule has 3 nitrogen and oxygen atoms in total. The molecule has 1 aliphatic rings. The fourth-order valence-electron chi connectivity index (χ4n) is 3.20. The van der Waals surface area contributed by atoms with Crippen LogP contribution >= 0.6 is 11.6 Å². The van der Waals surface area contributed by atoms with E-state index >= 15 is 0 Å². The molecule has 0 amide bonds. The monoisotopic (exact) mass is 308 g/mol. The Morgan fingerprint density at radius 3 is 2.95 bits per heavy atom. The van der Waals surface area contributed by atoms with E-state index in [1.54, 1.807) is 6.07 Å². The lowest BCUT2D eigenvalue weighted by molar-refractivity contribution is 0.0369. The molecule has 0 saturated heterocycles. The number of rotatable bonds is 3. The number of aryl methyl sites for hydroxylation is 3. The van der Waals surface area contributed by atoms with Gasteiger partial charge in [0.2, 0.25) is 0 Å². The van der Waals surface area contributed by atoms with Gasteiger partial charge in [-0.3, -0.25) is 4.68 Å². The second kappa shape index (κ2) is 5.11. The first kappa shape index (κ1) is 14.5. The van der Waals surface area contributed by atoms with E-state index in [4.69, 9.17) is 11.6 Å². The molecule has 0 aliphatic heterocycles. The topological polar surface area (TPSA) is 38.0 Å². The zero-order valence-electron chi connectivity index (χ0n) is 12.2. The molecule has 1 aromatic carbocycles. The minimum atomic E-state index is -0.994. The van der Waals surface area contributed by atoms with Gasteiger partial charge in [0.15, 0.2) is 0 Å². The van der Waals surface area contributed by atoms with E-state index < -0.39 is 5.60 Å². The number of aliphatic hydroxyl groups is 1. The molecule has 1 aromatic heterocycles. The van der Waals surface area contributed by atoms with E-state index in [-0.39, 0.29) is 5.82 Å². The molecule has 21 heavy (non-hydrogen) atoms. The van der Waals surface area contributed by atoms with Gasteiger partial charge in [0.1, 0.15) is 5.82 Å². The van der Waals surface area contributed by atoms with Crippen molar-refractivity contribution < 1.29 is 9.50 Å². The summed E-state index contributed by atoms with van der Waals surface area (Å²) in [6, 6.07) is 4.60. The van der Waals surface area contributed by atoms with E-state index in [9.17, 15) is 9.50 Å². The number of benzene rings is 1. The van der Waals surface area contributed by atoms with Crippen LogP contribution in [0, 0.1) is 12.7 Å². The van der Waals surface area contributed by atoms with Crippen molar-refractivity contribution in [1.82, 2.24) is 9.78 Å². The van der Waals surface area contributed by atoms with Crippen LogP contribution in [-0.2, 0) is 25.0 Å². The van der Waals surface area contributed by atoms with E-state index in [1.807, 2.05) is 18.5 Å². The molecule has 1 aliphatic carbocycles. The van der Waals surface area contributed by atoms with Crippen LogP contribution in [0.2, 0.25) is 5.02 Å². The van der Waals surface area contributed by atoms with Crippen LogP contribution in [0.15, 0.2) is 18.2 Å². The van der Waals surface area contributed by atoms with Crippen LogP contribution in [0.1, 0.15) is 35.9 Å². The standard InChI is InChI=1S/C16H18ClFN2O/c1-3-20-14(15(17)10(2)19-20)9-16(21)7-6-11-8-12(18)4-5-13(11)16/h4-5,8,21H,3,6-7,9H2,1-2H3. The first-order valence-electron chi connectivity index (χ1n) is 7.17. The zero-order valence-corrected chi connectivity index (χ0v) is 12.9. The van der Waals surface area contributed by atoms with Crippen molar-refractivity contribution in [2.75, 3.05) is 0 Å². The molecule has 1 N–H and O–H groups in total. The number of halogens is 2. The molecule has 5 heteroatoms. The number of aromatic nitrogens is 2. The van der Waals surface area contributed by atoms with Gasteiger partial charge in [-0.15, -0.1) is 0 Å². The van der Waals surface area contributed by atoms with Gasteiger partial charge in [-0.1, -0.05) is 17.7 Å². The smallest absolute Gasteiger partial charge is 0.123 e. The Bertz CT molecular complexity index is 698. The second-order valence-corrected chi connectivity index (χ2v) is 6.05. The van der Waals surface area contributed by atoms with Crippen molar-refractivity contribution >= 4 is 11.6 Å². The van der Waals surface area contributed by atoms with E-state index in [0.717, 1.165) is 22.5 Å². The van der Waals surface area contributed by atoms with Gasteiger partial charge < -0.3 is 5.11 Å². The molecule has 0 fully saturated rings. The Morgan fingerprint density at radius 1 is 1.48 bits per heavy atom. The third kappa shape index (κ3) is 2.36. The fraction of sp³-hybridized carbons (Fsp3) is 0.438. The highest BCUT2D eigenvalue weighted by Crippen LogP contribution is 2.41. The number of hydrogen-bond acceptors (Lipinski definition) is 2. The minimum Gasteiger partial charge on any atom is -0.385 e. The zero-order chi connectivity index (χ0) is 15.2. The van der Waals surface area contributed by atoms with Crippen LogP contribution in [0.5, 0.6) is 0 Å². The molecule has 1 heterocycles.